The molecule has 2 aromatic heterocycles. The number of nitrogens with zero attached hydrogens (tertiary/aromatic N) is 4. The van der Waals surface area contributed by atoms with Crippen LogP contribution in [0.2, 0.25) is 0 Å². The van der Waals surface area contributed by atoms with Crippen molar-refractivity contribution in [2.75, 3.05) is 0 Å². The summed E-state index contributed by atoms with van der Waals surface area (Å²) in [6.07, 6.45) is 4.93. The number of imidazole rings is 1. The van der Waals surface area contributed by atoms with E-state index in [1.165, 1.54) is 19.3 Å². The third-order valence-corrected chi connectivity index (χ3v) is 4.37. The minimum absolute atomic E-state index is 0.0582. The van der Waals surface area contributed by atoms with Gasteiger partial charge in [0.25, 0.3) is 0 Å². The molecule has 1 aliphatic carbocycles. The van der Waals surface area contributed by atoms with Crippen LogP contribution in [0.3, 0.4) is 0 Å². The molecular formula is C14H21ClN4. The maximum atomic E-state index is 6.32. The molecule has 0 bridgehead atoms. The summed E-state index contributed by atoms with van der Waals surface area (Å²) in [6, 6.07) is 0. The topological polar surface area (TPSA) is 35.6 Å². The molecule has 0 aliphatic heterocycles. The van der Waals surface area contributed by atoms with E-state index in [0.29, 0.717) is 0 Å². The van der Waals surface area contributed by atoms with Gasteiger partial charge in [-0.15, -0.1) is 11.6 Å². The molecule has 1 fully saturated rings. The Morgan fingerprint density at radius 1 is 1.42 bits per heavy atom. The zero-order chi connectivity index (χ0) is 13.6. The molecule has 4 nitrogen and oxygen atoms in total. The highest BCUT2D eigenvalue weighted by Crippen LogP contribution is 2.32. The van der Waals surface area contributed by atoms with Crippen molar-refractivity contribution in [1.29, 1.82) is 0 Å². The Balaban J connectivity index is 2.13. The Kier molecular flexibility index (Phi) is 3.29. The molecule has 19 heavy (non-hydrogen) atoms. The standard InChI is InChI=1S/C14H21ClN4/c1-4-11-12-14(18(3)17-11)19(8-10-6-5-7-10)13(16-12)9(2)15/h9-10H,4-8H2,1-3H3. The highest BCUT2D eigenvalue weighted by atomic mass is 35.5. The summed E-state index contributed by atoms with van der Waals surface area (Å²) < 4.78 is 4.26. The SMILES string of the molecule is CCc1nn(C)c2c1nc(C(C)Cl)n2CC1CCC1. The van der Waals surface area contributed by atoms with Crippen LogP contribution in [0, 0.1) is 5.92 Å². The van der Waals surface area contributed by atoms with E-state index < -0.39 is 0 Å². The van der Waals surface area contributed by atoms with Crippen LogP contribution >= 0.6 is 11.6 Å². The summed E-state index contributed by atoms with van der Waals surface area (Å²) in [4.78, 5) is 4.76. The Morgan fingerprint density at radius 2 is 2.16 bits per heavy atom. The van der Waals surface area contributed by atoms with Crippen molar-refractivity contribution >= 4 is 22.8 Å². The second-order valence-corrected chi connectivity index (χ2v) is 6.24. The number of aromatic nitrogens is 4. The predicted molar refractivity (Wildman–Crippen MR) is 77.5 cm³/mol. The predicted octanol–water partition coefficient (Wildman–Crippen LogP) is 3.43. The molecule has 104 valence electrons. The first-order valence-electron chi connectivity index (χ1n) is 7.17. The lowest BCUT2D eigenvalue weighted by Crippen LogP contribution is -2.20. The summed E-state index contributed by atoms with van der Waals surface area (Å²) in [6.45, 7) is 5.15. The van der Waals surface area contributed by atoms with Gasteiger partial charge in [-0.3, -0.25) is 4.68 Å². The van der Waals surface area contributed by atoms with Gasteiger partial charge in [-0.1, -0.05) is 13.3 Å². The Bertz CT molecular complexity index is 592. The van der Waals surface area contributed by atoms with Crippen molar-refractivity contribution in [3.8, 4) is 0 Å². The average molecular weight is 281 g/mol. The molecule has 2 aromatic rings. The van der Waals surface area contributed by atoms with E-state index in [0.717, 1.165) is 41.6 Å². The molecule has 1 atom stereocenters. The average Bonchev–Trinajstić information content (AvgIpc) is 2.82. The Morgan fingerprint density at radius 3 is 2.68 bits per heavy atom. The molecule has 5 heteroatoms. The van der Waals surface area contributed by atoms with Gasteiger partial charge in [0.1, 0.15) is 11.3 Å². The van der Waals surface area contributed by atoms with Gasteiger partial charge < -0.3 is 4.57 Å². The third-order valence-electron chi connectivity index (χ3n) is 4.18. The van der Waals surface area contributed by atoms with Gasteiger partial charge in [-0.25, -0.2) is 4.98 Å². The lowest BCUT2D eigenvalue weighted by Gasteiger charge is -2.26. The van der Waals surface area contributed by atoms with E-state index in [9.17, 15) is 0 Å². The molecule has 1 aliphatic rings. The van der Waals surface area contributed by atoms with Gasteiger partial charge in [0.2, 0.25) is 0 Å². The zero-order valence-corrected chi connectivity index (χ0v) is 12.6. The number of hydrogen-bond acceptors (Lipinski definition) is 2. The highest BCUT2D eigenvalue weighted by molar-refractivity contribution is 6.20. The second-order valence-electron chi connectivity index (χ2n) is 5.59. The van der Waals surface area contributed by atoms with Crippen LogP contribution in [0.5, 0.6) is 0 Å². The van der Waals surface area contributed by atoms with Crippen molar-refractivity contribution in [1.82, 2.24) is 19.3 Å². The fraction of sp³-hybridized carbons (Fsp3) is 0.714. The van der Waals surface area contributed by atoms with E-state index in [1.807, 2.05) is 18.7 Å². The summed E-state index contributed by atoms with van der Waals surface area (Å²) in [5, 5.41) is 4.51. The molecule has 0 radical (unpaired) electrons. The smallest absolute Gasteiger partial charge is 0.158 e. The van der Waals surface area contributed by atoms with Crippen molar-refractivity contribution in [2.24, 2.45) is 13.0 Å². The van der Waals surface area contributed by atoms with E-state index >= 15 is 0 Å². The van der Waals surface area contributed by atoms with E-state index in [1.54, 1.807) is 0 Å². The molecule has 3 rings (SSSR count). The molecule has 0 spiro atoms. The molecule has 0 N–H and O–H groups in total. The molecule has 2 heterocycles. The summed E-state index contributed by atoms with van der Waals surface area (Å²) in [7, 11) is 2.00. The third kappa shape index (κ3) is 2.06. The maximum absolute atomic E-state index is 6.32. The van der Waals surface area contributed by atoms with Gasteiger partial charge in [0.15, 0.2) is 5.65 Å². The lowest BCUT2D eigenvalue weighted by molar-refractivity contribution is 0.275. The monoisotopic (exact) mass is 280 g/mol. The molecule has 1 saturated carbocycles. The first-order chi connectivity index (χ1) is 9.11. The summed E-state index contributed by atoms with van der Waals surface area (Å²) >= 11 is 6.32. The van der Waals surface area contributed by atoms with Crippen LogP contribution in [-0.4, -0.2) is 19.3 Å². The fourth-order valence-corrected chi connectivity index (χ4v) is 3.08. The normalized spacial score (nSPS) is 17.9. The molecule has 1 unspecified atom stereocenters. The first-order valence-corrected chi connectivity index (χ1v) is 7.61. The first kappa shape index (κ1) is 13.0. The minimum Gasteiger partial charge on any atom is -0.311 e. The van der Waals surface area contributed by atoms with Crippen molar-refractivity contribution in [2.45, 2.75) is 51.5 Å². The highest BCUT2D eigenvalue weighted by Gasteiger charge is 2.25. The number of fused-ring (bicyclic) bond motifs is 1. The summed E-state index contributed by atoms with van der Waals surface area (Å²) in [5.74, 6) is 1.78. The fourth-order valence-electron chi connectivity index (χ4n) is 2.91. The van der Waals surface area contributed by atoms with Gasteiger partial charge in [0.05, 0.1) is 11.1 Å². The minimum atomic E-state index is -0.0582. The molecule has 0 aromatic carbocycles. The quantitative estimate of drug-likeness (QED) is 0.805. The maximum Gasteiger partial charge on any atom is 0.158 e. The largest absolute Gasteiger partial charge is 0.311 e. The number of rotatable bonds is 4. The summed E-state index contributed by atoms with van der Waals surface area (Å²) in [5.41, 5.74) is 3.24. The second kappa shape index (κ2) is 4.82. The van der Waals surface area contributed by atoms with Crippen LogP contribution in [0.25, 0.3) is 11.2 Å². The van der Waals surface area contributed by atoms with Crippen LogP contribution in [0.15, 0.2) is 0 Å². The van der Waals surface area contributed by atoms with Gasteiger partial charge in [-0.2, -0.15) is 5.10 Å². The van der Waals surface area contributed by atoms with E-state index in [-0.39, 0.29) is 5.38 Å². The number of halogens is 1. The number of alkyl halides is 1. The van der Waals surface area contributed by atoms with Gasteiger partial charge in [0, 0.05) is 13.6 Å². The zero-order valence-electron chi connectivity index (χ0n) is 11.9. The number of hydrogen-bond donors (Lipinski definition) is 0. The van der Waals surface area contributed by atoms with Crippen molar-refractivity contribution in [3.05, 3.63) is 11.5 Å². The van der Waals surface area contributed by atoms with E-state index in [2.05, 4.69) is 16.6 Å². The van der Waals surface area contributed by atoms with Crippen LogP contribution in [0.1, 0.15) is 50.0 Å². The van der Waals surface area contributed by atoms with Crippen molar-refractivity contribution in [3.63, 3.8) is 0 Å². The van der Waals surface area contributed by atoms with Crippen LogP contribution in [-0.2, 0) is 20.0 Å². The van der Waals surface area contributed by atoms with Gasteiger partial charge >= 0.3 is 0 Å². The molecular weight excluding hydrogens is 260 g/mol. The molecule has 0 saturated heterocycles. The van der Waals surface area contributed by atoms with E-state index in [4.69, 9.17) is 16.6 Å². The van der Waals surface area contributed by atoms with Crippen LogP contribution < -0.4 is 0 Å². The Hall–Kier alpha value is -1.03. The molecule has 0 amide bonds. The number of aryl methyl sites for hydroxylation is 2. The lowest BCUT2D eigenvalue weighted by atomic mass is 9.85. The van der Waals surface area contributed by atoms with Crippen molar-refractivity contribution < 1.29 is 0 Å². The van der Waals surface area contributed by atoms with Gasteiger partial charge in [-0.05, 0) is 32.1 Å². The Labute approximate surface area is 118 Å². The van der Waals surface area contributed by atoms with Crippen LogP contribution in [0.4, 0.5) is 0 Å².